The molecule has 2 rings (SSSR count). The Kier molecular flexibility index (Phi) is 3.70. The lowest BCUT2D eigenvalue weighted by molar-refractivity contribution is -0.135. The number of hydrogen-bond acceptors (Lipinski definition) is 3. The molecule has 4 heteroatoms. The van der Waals surface area contributed by atoms with Crippen molar-refractivity contribution in [2.45, 2.75) is 45.6 Å². The average Bonchev–Trinajstić information content (AvgIpc) is 3.07. The van der Waals surface area contributed by atoms with Crippen LogP contribution in [-0.2, 0) is 4.79 Å². The molecule has 1 saturated carbocycles. The lowest BCUT2D eigenvalue weighted by Gasteiger charge is -2.43. The SMILES string of the molecule is CC1(CC(=O)N2CCN(C(C)(C)CO)CC2)CC1. The van der Waals surface area contributed by atoms with E-state index in [1.165, 1.54) is 12.8 Å². The molecule has 1 aliphatic carbocycles. The van der Waals surface area contributed by atoms with Gasteiger partial charge in [-0.2, -0.15) is 0 Å². The number of nitrogens with zero attached hydrogens (tertiary/aromatic N) is 2. The summed E-state index contributed by atoms with van der Waals surface area (Å²) >= 11 is 0. The summed E-state index contributed by atoms with van der Waals surface area (Å²) in [7, 11) is 0. The van der Waals surface area contributed by atoms with Crippen LogP contribution in [0.15, 0.2) is 0 Å². The van der Waals surface area contributed by atoms with Gasteiger partial charge in [-0.15, -0.1) is 0 Å². The number of rotatable bonds is 4. The van der Waals surface area contributed by atoms with Gasteiger partial charge in [-0.05, 0) is 32.1 Å². The second-order valence-corrected chi connectivity index (χ2v) is 6.83. The van der Waals surface area contributed by atoms with E-state index in [4.69, 9.17) is 0 Å². The van der Waals surface area contributed by atoms with Gasteiger partial charge >= 0.3 is 0 Å². The molecule has 1 amide bonds. The summed E-state index contributed by atoms with van der Waals surface area (Å²) in [6, 6.07) is 0. The molecule has 0 spiro atoms. The summed E-state index contributed by atoms with van der Waals surface area (Å²) in [5.41, 5.74) is 0.135. The Morgan fingerprint density at radius 1 is 1.22 bits per heavy atom. The fourth-order valence-electron chi connectivity index (χ4n) is 2.53. The van der Waals surface area contributed by atoms with Crippen molar-refractivity contribution in [2.24, 2.45) is 5.41 Å². The molecule has 0 aromatic heterocycles. The first-order valence-corrected chi connectivity index (χ1v) is 7.00. The Labute approximate surface area is 110 Å². The second-order valence-electron chi connectivity index (χ2n) is 6.83. The lowest BCUT2D eigenvalue weighted by Crippen LogP contribution is -2.57. The molecule has 0 aromatic rings. The van der Waals surface area contributed by atoms with Gasteiger partial charge in [0.1, 0.15) is 0 Å². The first kappa shape index (κ1) is 13.8. The van der Waals surface area contributed by atoms with Crippen molar-refractivity contribution in [2.75, 3.05) is 32.8 Å². The van der Waals surface area contributed by atoms with E-state index >= 15 is 0 Å². The van der Waals surface area contributed by atoms with Crippen molar-refractivity contribution in [3.63, 3.8) is 0 Å². The molecule has 0 unspecified atom stereocenters. The standard InChI is InChI=1S/C14H26N2O2/c1-13(2,11-17)16-8-6-15(7-9-16)12(18)10-14(3)4-5-14/h17H,4-11H2,1-3H3. The normalized spacial score (nSPS) is 24.1. The van der Waals surface area contributed by atoms with E-state index in [0.717, 1.165) is 32.6 Å². The molecule has 4 nitrogen and oxygen atoms in total. The number of carbonyl (C=O) groups is 1. The van der Waals surface area contributed by atoms with Crippen LogP contribution in [0, 0.1) is 5.41 Å². The number of amides is 1. The molecule has 1 N–H and O–H groups in total. The van der Waals surface area contributed by atoms with Crippen LogP contribution in [0.5, 0.6) is 0 Å². The van der Waals surface area contributed by atoms with Crippen LogP contribution < -0.4 is 0 Å². The van der Waals surface area contributed by atoms with E-state index in [-0.39, 0.29) is 12.1 Å². The predicted octanol–water partition coefficient (Wildman–Crippen LogP) is 1.09. The van der Waals surface area contributed by atoms with E-state index in [1.54, 1.807) is 0 Å². The number of aliphatic hydroxyl groups is 1. The Bertz CT molecular complexity index is 316. The lowest BCUT2D eigenvalue weighted by atomic mass is 10.0. The summed E-state index contributed by atoms with van der Waals surface area (Å²) in [5, 5.41) is 9.36. The van der Waals surface area contributed by atoms with Crippen LogP contribution in [-0.4, -0.2) is 59.1 Å². The zero-order valence-electron chi connectivity index (χ0n) is 11.9. The zero-order valence-corrected chi connectivity index (χ0v) is 11.9. The minimum atomic E-state index is -0.169. The molecule has 2 aliphatic rings. The van der Waals surface area contributed by atoms with Gasteiger partial charge in [-0.1, -0.05) is 6.92 Å². The molecular formula is C14H26N2O2. The molecule has 1 heterocycles. The van der Waals surface area contributed by atoms with Crippen LogP contribution >= 0.6 is 0 Å². The summed E-state index contributed by atoms with van der Waals surface area (Å²) in [5.74, 6) is 0.316. The van der Waals surface area contributed by atoms with Crippen molar-refractivity contribution >= 4 is 5.91 Å². The molecule has 0 bridgehead atoms. The molecule has 1 saturated heterocycles. The first-order chi connectivity index (χ1) is 8.36. The minimum absolute atomic E-state index is 0.166. The Hall–Kier alpha value is -0.610. The molecule has 0 atom stereocenters. The zero-order chi connectivity index (χ0) is 13.4. The van der Waals surface area contributed by atoms with E-state index in [0.29, 0.717) is 11.3 Å². The van der Waals surface area contributed by atoms with E-state index < -0.39 is 0 Å². The van der Waals surface area contributed by atoms with E-state index in [9.17, 15) is 9.90 Å². The van der Waals surface area contributed by atoms with E-state index in [2.05, 4.69) is 25.7 Å². The van der Waals surface area contributed by atoms with Crippen LogP contribution in [0.3, 0.4) is 0 Å². The van der Waals surface area contributed by atoms with Gasteiger partial charge in [0, 0.05) is 38.1 Å². The first-order valence-electron chi connectivity index (χ1n) is 7.00. The highest BCUT2D eigenvalue weighted by molar-refractivity contribution is 5.77. The number of carbonyl (C=O) groups excluding carboxylic acids is 1. The monoisotopic (exact) mass is 254 g/mol. The van der Waals surface area contributed by atoms with Crippen molar-refractivity contribution in [3.05, 3.63) is 0 Å². The topological polar surface area (TPSA) is 43.8 Å². The molecule has 104 valence electrons. The molecule has 2 fully saturated rings. The largest absolute Gasteiger partial charge is 0.394 e. The van der Waals surface area contributed by atoms with Gasteiger partial charge in [0.2, 0.25) is 5.91 Å². The van der Waals surface area contributed by atoms with Gasteiger partial charge in [-0.25, -0.2) is 0 Å². The van der Waals surface area contributed by atoms with Crippen LogP contribution in [0.25, 0.3) is 0 Å². The van der Waals surface area contributed by atoms with Crippen molar-refractivity contribution < 1.29 is 9.90 Å². The van der Waals surface area contributed by atoms with Crippen LogP contribution in [0.2, 0.25) is 0 Å². The highest BCUT2D eigenvalue weighted by atomic mass is 16.3. The quantitative estimate of drug-likeness (QED) is 0.817. The number of piperazine rings is 1. The molecule has 1 aliphatic heterocycles. The van der Waals surface area contributed by atoms with Crippen molar-refractivity contribution in [1.82, 2.24) is 9.80 Å². The summed E-state index contributed by atoms with van der Waals surface area (Å²) < 4.78 is 0. The van der Waals surface area contributed by atoms with Crippen molar-refractivity contribution in [3.8, 4) is 0 Å². The fraction of sp³-hybridized carbons (Fsp3) is 0.929. The Balaban J connectivity index is 1.81. The number of hydrogen-bond donors (Lipinski definition) is 1. The smallest absolute Gasteiger partial charge is 0.223 e. The highest BCUT2D eigenvalue weighted by Gasteiger charge is 2.40. The average molecular weight is 254 g/mol. The third kappa shape index (κ3) is 3.04. The molecule has 0 aromatic carbocycles. The maximum atomic E-state index is 12.1. The third-order valence-corrected chi connectivity index (χ3v) is 4.56. The van der Waals surface area contributed by atoms with E-state index in [1.807, 2.05) is 4.90 Å². The maximum absolute atomic E-state index is 12.1. The second kappa shape index (κ2) is 4.82. The van der Waals surface area contributed by atoms with Gasteiger partial charge in [0.05, 0.1) is 6.61 Å². The number of aliphatic hydroxyl groups excluding tert-OH is 1. The Morgan fingerprint density at radius 2 is 1.78 bits per heavy atom. The molecule has 18 heavy (non-hydrogen) atoms. The Morgan fingerprint density at radius 3 is 2.22 bits per heavy atom. The summed E-state index contributed by atoms with van der Waals surface area (Å²) in [6.45, 7) is 9.82. The van der Waals surface area contributed by atoms with Gasteiger partial charge in [-0.3, -0.25) is 9.69 Å². The van der Waals surface area contributed by atoms with Crippen molar-refractivity contribution in [1.29, 1.82) is 0 Å². The summed E-state index contributed by atoms with van der Waals surface area (Å²) in [6.07, 6.45) is 3.13. The highest BCUT2D eigenvalue weighted by Crippen LogP contribution is 2.48. The maximum Gasteiger partial charge on any atom is 0.223 e. The van der Waals surface area contributed by atoms with Gasteiger partial charge < -0.3 is 10.0 Å². The van der Waals surface area contributed by atoms with Gasteiger partial charge in [0.15, 0.2) is 0 Å². The predicted molar refractivity (Wildman–Crippen MR) is 71.3 cm³/mol. The molecular weight excluding hydrogens is 228 g/mol. The van der Waals surface area contributed by atoms with Gasteiger partial charge in [0.25, 0.3) is 0 Å². The molecule has 0 radical (unpaired) electrons. The van der Waals surface area contributed by atoms with Crippen LogP contribution in [0.4, 0.5) is 0 Å². The summed E-state index contributed by atoms with van der Waals surface area (Å²) in [4.78, 5) is 16.4. The van der Waals surface area contributed by atoms with Crippen LogP contribution in [0.1, 0.15) is 40.0 Å². The third-order valence-electron chi connectivity index (χ3n) is 4.56. The fourth-order valence-corrected chi connectivity index (χ4v) is 2.53. The minimum Gasteiger partial charge on any atom is -0.394 e.